The summed E-state index contributed by atoms with van der Waals surface area (Å²) in [5, 5.41) is 0. The van der Waals surface area contributed by atoms with E-state index in [0.29, 0.717) is 0 Å². The summed E-state index contributed by atoms with van der Waals surface area (Å²) in [5.41, 5.74) is 0.999. The Kier molecular flexibility index (Phi) is 5.44. The van der Waals surface area contributed by atoms with Crippen molar-refractivity contribution < 1.29 is 4.39 Å². The third kappa shape index (κ3) is 5.00. The smallest absolute Gasteiger partial charge is 0.145 e. The highest BCUT2D eigenvalue weighted by Crippen LogP contribution is 2.21. The molecule has 0 bridgehead atoms. The molecule has 0 saturated carbocycles. The van der Waals surface area contributed by atoms with Crippen LogP contribution >= 0.6 is 0 Å². The molecular formula is C13H21F. The van der Waals surface area contributed by atoms with Crippen molar-refractivity contribution in [3.63, 3.8) is 0 Å². The quantitative estimate of drug-likeness (QED) is 0.497. The van der Waals surface area contributed by atoms with Gasteiger partial charge in [-0.3, -0.25) is 0 Å². The van der Waals surface area contributed by atoms with Gasteiger partial charge in [0.05, 0.1) is 0 Å². The second-order valence-electron chi connectivity index (χ2n) is 3.64. The summed E-state index contributed by atoms with van der Waals surface area (Å²) in [7, 11) is 0. The van der Waals surface area contributed by atoms with Gasteiger partial charge in [-0.25, -0.2) is 4.39 Å². The molecule has 1 unspecified atom stereocenters. The number of halogens is 1. The summed E-state index contributed by atoms with van der Waals surface area (Å²) in [6, 6.07) is 0. The number of hydrogen-bond donors (Lipinski definition) is 0. The molecule has 0 aromatic carbocycles. The summed E-state index contributed by atoms with van der Waals surface area (Å²) >= 11 is 0. The largest absolute Gasteiger partial charge is 0.235 e. The molecule has 0 aromatic rings. The van der Waals surface area contributed by atoms with E-state index in [1.807, 2.05) is 32.9 Å². The number of hydrogen-bond acceptors (Lipinski definition) is 0. The van der Waals surface area contributed by atoms with Gasteiger partial charge in [0.15, 0.2) is 0 Å². The van der Waals surface area contributed by atoms with Gasteiger partial charge in [-0.2, -0.15) is 0 Å². The molecule has 0 aliphatic heterocycles. The Labute approximate surface area is 87.2 Å². The Morgan fingerprint density at radius 1 is 1.29 bits per heavy atom. The average Bonchev–Trinajstić information content (AvgIpc) is 2.03. The van der Waals surface area contributed by atoms with Crippen molar-refractivity contribution in [1.82, 2.24) is 0 Å². The van der Waals surface area contributed by atoms with Crippen molar-refractivity contribution in [3.05, 3.63) is 35.5 Å². The van der Waals surface area contributed by atoms with E-state index < -0.39 is 5.67 Å². The van der Waals surface area contributed by atoms with Crippen LogP contribution in [0.1, 0.15) is 41.0 Å². The third-order valence-corrected chi connectivity index (χ3v) is 1.87. The summed E-state index contributed by atoms with van der Waals surface area (Å²) in [5.74, 6) is 0. The van der Waals surface area contributed by atoms with Crippen LogP contribution in [0.25, 0.3) is 0 Å². The lowest BCUT2D eigenvalue weighted by molar-refractivity contribution is 0.326. The van der Waals surface area contributed by atoms with Crippen molar-refractivity contribution in [1.29, 1.82) is 0 Å². The normalized spacial score (nSPS) is 32.4. The Morgan fingerprint density at radius 3 is 2.43 bits per heavy atom. The van der Waals surface area contributed by atoms with E-state index in [-0.39, 0.29) is 0 Å². The van der Waals surface area contributed by atoms with Gasteiger partial charge in [0.25, 0.3) is 0 Å². The Morgan fingerprint density at radius 2 is 1.86 bits per heavy atom. The molecule has 0 aromatic heterocycles. The first-order valence-electron chi connectivity index (χ1n) is 5.23. The SMILES string of the molecule is CC.CC1=C/C(C)=C\C(C)(F)/C=C\C1. The minimum atomic E-state index is -1.28. The molecule has 1 heteroatoms. The fourth-order valence-electron chi connectivity index (χ4n) is 1.46. The molecule has 0 radical (unpaired) electrons. The zero-order valence-corrected chi connectivity index (χ0v) is 9.89. The summed E-state index contributed by atoms with van der Waals surface area (Å²) in [4.78, 5) is 0. The minimum Gasteiger partial charge on any atom is -0.235 e. The van der Waals surface area contributed by atoms with Gasteiger partial charge >= 0.3 is 0 Å². The molecule has 0 fully saturated rings. The maximum atomic E-state index is 13.5. The molecule has 1 rings (SSSR count). The second kappa shape index (κ2) is 5.79. The van der Waals surface area contributed by atoms with E-state index in [4.69, 9.17) is 0 Å². The standard InChI is InChI=1S/C11H15F.C2H6/c1-9-5-4-6-11(3,12)8-10(2)7-9;1-2/h4,6-8H,5H2,1-3H3;1-2H3/b6-4-,9-7?,10-8-;. The van der Waals surface area contributed by atoms with Crippen LogP contribution < -0.4 is 0 Å². The molecule has 0 saturated heterocycles. The first-order chi connectivity index (χ1) is 6.49. The monoisotopic (exact) mass is 196 g/mol. The van der Waals surface area contributed by atoms with Gasteiger partial charge < -0.3 is 0 Å². The molecule has 0 heterocycles. The van der Waals surface area contributed by atoms with Crippen LogP contribution in [0.5, 0.6) is 0 Å². The summed E-state index contributed by atoms with van der Waals surface area (Å²) < 4.78 is 13.5. The molecule has 0 spiro atoms. The first kappa shape index (κ1) is 13.2. The summed E-state index contributed by atoms with van der Waals surface area (Å²) in [6.45, 7) is 9.56. The zero-order chi connectivity index (χ0) is 11.2. The highest BCUT2D eigenvalue weighted by Gasteiger charge is 2.15. The number of rotatable bonds is 0. The molecule has 80 valence electrons. The number of allylic oxidation sites excluding steroid dienone is 6. The van der Waals surface area contributed by atoms with Crippen LogP contribution in [0, 0.1) is 0 Å². The molecule has 0 amide bonds. The lowest BCUT2D eigenvalue weighted by Crippen LogP contribution is -2.11. The van der Waals surface area contributed by atoms with E-state index in [0.717, 1.165) is 12.0 Å². The predicted molar refractivity (Wildman–Crippen MR) is 62.1 cm³/mol. The third-order valence-electron chi connectivity index (χ3n) is 1.87. The molecule has 14 heavy (non-hydrogen) atoms. The Hall–Kier alpha value is -0.850. The van der Waals surface area contributed by atoms with Gasteiger partial charge in [0.1, 0.15) is 5.67 Å². The van der Waals surface area contributed by atoms with Crippen molar-refractivity contribution >= 4 is 0 Å². The maximum Gasteiger partial charge on any atom is 0.145 e. The molecule has 0 N–H and O–H groups in total. The zero-order valence-electron chi connectivity index (χ0n) is 9.89. The van der Waals surface area contributed by atoms with Crippen LogP contribution in [0.15, 0.2) is 35.5 Å². The van der Waals surface area contributed by atoms with Crippen LogP contribution in [0.4, 0.5) is 4.39 Å². The van der Waals surface area contributed by atoms with Crippen LogP contribution in [0.2, 0.25) is 0 Å². The Bertz CT molecular complexity index is 254. The second-order valence-corrected chi connectivity index (χ2v) is 3.64. The van der Waals surface area contributed by atoms with Crippen molar-refractivity contribution in [3.8, 4) is 0 Å². The van der Waals surface area contributed by atoms with Gasteiger partial charge in [0.2, 0.25) is 0 Å². The topological polar surface area (TPSA) is 0 Å². The van der Waals surface area contributed by atoms with E-state index in [1.165, 1.54) is 5.57 Å². The van der Waals surface area contributed by atoms with E-state index in [9.17, 15) is 4.39 Å². The van der Waals surface area contributed by atoms with Crippen molar-refractivity contribution in [2.24, 2.45) is 0 Å². The lowest BCUT2D eigenvalue weighted by atomic mass is 9.99. The van der Waals surface area contributed by atoms with E-state index >= 15 is 0 Å². The van der Waals surface area contributed by atoms with Crippen LogP contribution in [-0.2, 0) is 0 Å². The maximum absolute atomic E-state index is 13.5. The minimum absolute atomic E-state index is 0.852. The molecule has 1 aliphatic carbocycles. The highest BCUT2D eigenvalue weighted by atomic mass is 19.1. The predicted octanol–water partition coefficient (Wildman–Crippen LogP) is 4.59. The van der Waals surface area contributed by atoms with Gasteiger partial charge in [-0.1, -0.05) is 37.1 Å². The van der Waals surface area contributed by atoms with Gasteiger partial charge in [-0.05, 0) is 39.3 Å². The van der Waals surface area contributed by atoms with Crippen LogP contribution in [-0.4, -0.2) is 5.67 Å². The van der Waals surface area contributed by atoms with Gasteiger partial charge in [-0.15, -0.1) is 0 Å². The van der Waals surface area contributed by atoms with Crippen LogP contribution in [0.3, 0.4) is 0 Å². The van der Waals surface area contributed by atoms with Gasteiger partial charge in [0, 0.05) is 0 Å². The molecule has 1 aliphatic rings. The van der Waals surface area contributed by atoms with Crippen molar-refractivity contribution in [2.75, 3.05) is 0 Å². The fourth-order valence-corrected chi connectivity index (χ4v) is 1.46. The lowest BCUT2D eigenvalue weighted by Gasteiger charge is -2.13. The molecule has 1 atom stereocenters. The Balaban J connectivity index is 0.000000791. The molecular weight excluding hydrogens is 175 g/mol. The van der Waals surface area contributed by atoms with Crippen molar-refractivity contribution in [2.45, 2.75) is 46.7 Å². The highest BCUT2D eigenvalue weighted by molar-refractivity contribution is 5.30. The summed E-state index contributed by atoms with van der Waals surface area (Å²) in [6.07, 6.45) is 8.03. The average molecular weight is 196 g/mol. The van der Waals surface area contributed by atoms with E-state index in [1.54, 1.807) is 19.1 Å². The first-order valence-corrected chi connectivity index (χ1v) is 5.23. The number of alkyl halides is 1. The molecule has 0 nitrogen and oxygen atoms in total. The van der Waals surface area contributed by atoms with E-state index in [2.05, 4.69) is 6.92 Å². The fraction of sp³-hybridized carbons (Fsp3) is 0.538.